The predicted octanol–water partition coefficient (Wildman–Crippen LogP) is 4.14. The van der Waals surface area contributed by atoms with E-state index in [9.17, 15) is 9.18 Å². The minimum atomic E-state index is -0.221. The van der Waals surface area contributed by atoms with E-state index in [1.807, 2.05) is 19.1 Å². The van der Waals surface area contributed by atoms with Gasteiger partial charge in [0, 0.05) is 43.4 Å². The molecule has 0 aliphatic carbocycles. The number of rotatable bonds is 3. The largest absolute Gasteiger partial charge is 0.322 e. The first kappa shape index (κ1) is 17.7. The van der Waals surface area contributed by atoms with E-state index in [2.05, 4.69) is 10.2 Å². The number of piperazine rings is 1. The molecule has 1 aliphatic heterocycles. The van der Waals surface area contributed by atoms with E-state index in [0.717, 1.165) is 30.8 Å². The second-order valence-electron chi connectivity index (χ2n) is 6.28. The van der Waals surface area contributed by atoms with Crippen molar-refractivity contribution in [3.05, 3.63) is 64.4 Å². The molecule has 6 heteroatoms. The van der Waals surface area contributed by atoms with Crippen molar-refractivity contribution in [1.82, 2.24) is 9.80 Å². The fourth-order valence-corrected chi connectivity index (χ4v) is 3.01. The summed E-state index contributed by atoms with van der Waals surface area (Å²) in [6, 6.07) is 12.0. The number of halogens is 2. The number of nitrogens with one attached hydrogen (secondary N) is 1. The molecular formula is C19H21ClFN3O. The van der Waals surface area contributed by atoms with Gasteiger partial charge in [-0.2, -0.15) is 0 Å². The van der Waals surface area contributed by atoms with E-state index < -0.39 is 0 Å². The lowest BCUT2D eigenvalue weighted by molar-refractivity contribution is 0.143. The molecule has 1 N–H and O–H groups in total. The first-order valence-corrected chi connectivity index (χ1v) is 8.68. The number of amides is 2. The zero-order chi connectivity index (χ0) is 17.8. The smallest absolute Gasteiger partial charge is 0.321 e. The van der Waals surface area contributed by atoms with Crippen molar-refractivity contribution in [3.63, 3.8) is 0 Å². The van der Waals surface area contributed by atoms with Crippen molar-refractivity contribution >= 4 is 23.3 Å². The number of benzene rings is 2. The zero-order valence-corrected chi connectivity index (χ0v) is 14.9. The Hall–Kier alpha value is -2.11. The number of anilines is 1. The van der Waals surface area contributed by atoms with Crippen LogP contribution in [0.2, 0.25) is 5.02 Å². The molecule has 132 valence electrons. The molecule has 1 heterocycles. The van der Waals surface area contributed by atoms with E-state index >= 15 is 0 Å². The van der Waals surface area contributed by atoms with Crippen LogP contribution in [0.15, 0.2) is 42.5 Å². The molecule has 25 heavy (non-hydrogen) atoms. The number of carbonyl (C=O) groups excluding carboxylic acids is 1. The highest BCUT2D eigenvalue weighted by Crippen LogP contribution is 2.20. The maximum atomic E-state index is 13.0. The van der Waals surface area contributed by atoms with Crippen LogP contribution in [-0.2, 0) is 6.54 Å². The van der Waals surface area contributed by atoms with Crippen LogP contribution in [0.1, 0.15) is 11.1 Å². The third-order valence-corrected chi connectivity index (χ3v) is 4.81. The van der Waals surface area contributed by atoms with Gasteiger partial charge >= 0.3 is 6.03 Å². The van der Waals surface area contributed by atoms with Crippen molar-refractivity contribution < 1.29 is 9.18 Å². The van der Waals surface area contributed by atoms with Crippen molar-refractivity contribution in [2.45, 2.75) is 13.5 Å². The molecule has 2 amide bonds. The Morgan fingerprint density at radius 1 is 1.12 bits per heavy atom. The Morgan fingerprint density at radius 2 is 1.80 bits per heavy atom. The van der Waals surface area contributed by atoms with Crippen LogP contribution in [0.3, 0.4) is 0 Å². The summed E-state index contributed by atoms with van der Waals surface area (Å²) < 4.78 is 13.0. The van der Waals surface area contributed by atoms with Gasteiger partial charge in [0.15, 0.2) is 0 Å². The van der Waals surface area contributed by atoms with Crippen LogP contribution >= 0.6 is 11.6 Å². The lowest BCUT2D eigenvalue weighted by atomic mass is 10.2. The second kappa shape index (κ2) is 7.85. The van der Waals surface area contributed by atoms with Gasteiger partial charge in [-0.15, -0.1) is 0 Å². The molecule has 0 spiro atoms. The fraction of sp³-hybridized carbons (Fsp3) is 0.316. The monoisotopic (exact) mass is 361 g/mol. The van der Waals surface area contributed by atoms with Crippen molar-refractivity contribution in [2.24, 2.45) is 0 Å². The third kappa shape index (κ3) is 4.71. The predicted molar refractivity (Wildman–Crippen MR) is 98.5 cm³/mol. The number of carbonyl (C=O) groups is 1. The standard InChI is InChI=1S/C19H21ClFN3O/c1-14-2-7-17(12-18(14)20)22-19(25)24-10-8-23(9-11-24)13-15-3-5-16(21)6-4-15/h2-7,12H,8-11,13H2,1H3,(H,22,25). The van der Waals surface area contributed by atoms with Gasteiger partial charge in [-0.25, -0.2) is 9.18 Å². The molecule has 1 fully saturated rings. The van der Waals surface area contributed by atoms with Gasteiger partial charge < -0.3 is 10.2 Å². The molecule has 0 saturated carbocycles. The van der Waals surface area contributed by atoms with Gasteiger partial charge in [0.05, 0.1) is 0 Å². The Labute approximate surface area is 152 Å². The van der Waals surface area contributed by atoms with E-state index in [1.54, 1.807) is 23.1 Å². The van der Waals surface area contributed by atoms with Gasteiger partial charge in [0.2, 0.25) is 0 Å². The lowest BCUT2D eigenvalue weighted by Gasteiger charge is -2.34. The molecule has 1 aliphatic rings. The van der Waals surface area contributed by atoms with E-state index in [4.69, 9.17) is 11.6 Å². The summed E-state index contributed by atoms with van der Waals surface area (Å²) in [6.45, 7) is 5.59. The molecule has 4 nitrogen and oxygen atoms in total. The van der Waals surface area contributed by atoms with Crippen LogP contribution in [0.5, 0.6) is 0 Å². The topological polar surface area (TPSA) is 35.6 Å². The number of aryl methyl sites for hydroxylation is 1. The lowest BCUT2D eigenvalue weighted by Crippen LogP contribution is -2.49. The summed E-state index contributed by atoms with van der Waals surface area (Å²) in [6.07, 6.45) is 0. The molecule has 0 aromatic heterocycles. The summed E-state index contributed by atoms with van der Waals surface area (Å²) in [5.41, 5.74) is 2.76. The minimum absolute atomic E-state index is 0.110. The van der Waals surface area contributed by atoms with Gasteiger partial charge in [-0.05, 0) is 42.3 Å². The van der Waals surface area contributed by atoms with Gasteiger partial charge in [0.25, 0.3) is 0 Å². The first-order chi connectivity index (χ1) is 12.0. The summed E-state index contributed by atoms with van der Waals surface area (Å²) in [4.78, 5) is 16.4. The maximum absolute atomic E-state index is 13.0. The van der Waals surface area contributed by atoms with Crippen LogP contribution in [0.4, 0.5) is 14.9 Å². The van der Waals surface area contributed by atoms with Crippen LogP contribution in [-0.4, -0.2) is 42.0 Å². The molecule has 1 saturated heterocycles. The first-order valence-electron chi connectivity index (χ1n) is 8.30. The number of hydrogen-bond donors (Lipinski definition) is 1. The Morgan fingerprint density at radius 3 is 2.44 bits per heavy atom. The highest BCUT2D eigenvalue weighted by atomic mass is 35.5. The number of hydrogen-bond acceptors (Lipinski definition) is 2. The van der Waals surface area contributed by atoms with Gasteiger partial charge in [-0.1, -0.05) is 29.8 Å². The molecule has 0 radical (unpaired) electrons. The number of nitrogens with zero attached hydrogens (tertiary/aromatic N) is 2. The van der Waals surface area contributed by atoms with Crippen LogP contribution < -0.4 is 5.32 Å². The Kier molecular flexibility index (Phi) is 5.56. The highest BCUT2D eigenvalue weighted by Gasteiger charge is 2.21. The van der Waals surface area contributed by atoms with E-state index in [-0.39, 0.29) is 11.8 Å². The molecule has 2 aromatic rings. The molecule has 0 atom stereocenters. The van der Waals surface area contributed by atoms with Crippen molar-refractivity contribution in [2.75, 3.05) is 31.5 Å². The summed E-state index contributed by atoms with van der Waals surface area (Å²) in [5, 5.41) is 3.53. The average molecular weight is 362 g/mol. The third-order valence-electron chi connectivity index (χ3n) is 4.40. The molecular weight excluding hydrogens is 341 g/mol. The molecule has 2 aromatic carbocycles. The number of urea groups is 1. The second-order valence-corrected chi connectivity index (χ2v) is 6.69. The summed E-state index contributed by atoms with van der Waals surface area (Å²) >= 11 is 6.09. The zero-order valence-electron chi connectivity index (χ0n) is 14.1. The quantitative estimate of drug-likeness (QED) is 0.891. The van der Waals surface area contributed by atoms with Crippen LogP contribution in [0.25, 0.3) is 0 Å². The van der Waals surface area contributed by atoms with E-state index in [1.165, 1.54) is 12.1 Å². The Balaban J connectivity index is 1.50. The summed E-state index contributed by atoms with van der Waals surface area (Å²) in [5.74, 6) is -0.221. The normalized spacial score (nSPS) is 15.2. The van der Waals surface area contributed by atoms with E-state index in [0.29, 0.717) is 23.8 Å². The molecule has 0 unspecified atom stereocenters. The van der Waals surface area contributed by atoms with Gasteiger partial charge in [-0.3, -0.25) is 4.90 Å². The SMILES string of the molecule is Cc1ccc(NC(=O)N2CCN(Cc3ccc(F)cc3)CC2)cc1Cl. The molecule has 3 rings (SSSR count). The summed E-state index contributed by atoms with van der Waals surface area (Å²) in [7, 11) is 0. The van der Waals surface area contributed by atoms with Crippen LogP contribution in [0, 0.1) is 12.7 Å². The van der Waals surface area contributed by atoms with Crippen molar-refractivity contribution in [3.8, 4) is 0 Å². The van der Waals surface area contributed by atoms with Gasteiger partial charge in [0.1, 0.15) is 5.82 Å². The Bertz CT molecular complexity index is 743. The molecule has 0 bridgehead atoms. The average Bonchev–Trinajstić information content (AvgIpc) is 2.61. The minimum Gasteiger partial charge on any atom is -0.322 e. The maximum Gasteiger partial charge on any atom is 0.321 e. The highest BCUT2D eigenvalue weighted by molar-refractivity contribution is 6.31. The van der Waals surface area contributed by atoms with Crippen molar-refractivity contribution in [1.29, 1.82) is 0 Å². The fourth-order valence-electron chi connectivity index (χ4n) is 2.83.